The Morgan fingerprint density at radius 3 is 2.30 bits per heavy atom. The van der Waals surface area contributed by atoms with E-state index < -0.39 is 0 Å². The van der Waals surface area contributed by atoms with Gasteiger partial charge in [-0.05, 0) is 47.3 Å². The molecule has 3 N–H and O–H groups in total. The molecule has 1 heterocycles. The summed E-state index contributed by atoms with van der Waals surface area (Å²) in [4.78, 5) is 24.3. The average Bonchev–Trinajstić information content (AvgIpc) is 3.07. The number of thiophene rings is 1. The Morgan fingerprint density at radius 2 is 1.74 bits per heavy atom. The molecule has 7 heteroatoms. The number of hydrogen-bond acceptors (Lipinski definition) is 4. The largest absolute Gasteiger partial charge is 0.298 e. The van der Waals surface area contributed by atoms with Crippen LogP contribution in [-0.2, 0) is 0 Å². The van der Waals surface area contributed by atoms with Gasteiger partial charge in [-0.3, -0.25) is 25.8 Å². The fourth-order valence-electron chi connectivity index (χ4n) is 1.81. The first kappa shape index (κ1) is 17.1. The highest BCUT2D eigenvalue weighted by Gasteiger charge is 2.10. The van der Waals surface area contributed by atoms with Gasteiger partial charge < -0.3 is 0 Å². The van der Waals surface area contributed by atoms with Crippen LogP contribution >= 0.6 is 23.6 Å². The van der Waals surface area contributed by atoms with Gasteiger partial charge >= 0.3 is 0 Å². The van der Waals surface area contributed by atoms with E-state index in [0.717, 1.165) is 5.56 Å². The highest BCUT2D eigenvalue weighted by molar-refractivity contribution is 7.80. The second kappa shape index (κ2) is 7.85. The molecular formula is C16H17N3O2S2. The minimum atomic E-state index is -0.330. The van der Waals surface area contributed by atoms with Crippen molar-refractivity contribution in [1.29, 1.82) is 0 Å². The van der Waals surface area contributed by atoms with E-state index in [4.69, 9.17) is 12.2 Å². The van der Waals surface area contributed by atoms with Crippen LogP contribution in [0.1, 0.15) is 45.4 Å². The summed E-state index contributed by atoms with van der Waals surface area (Å²) in [5.74, 6) is -0.233. The minimum Gasteiger partial charge on any atom is -0.298 e. The first-order chi connectivity index (χ1) is 11.0. The number of hydrazine groups is 1. The van der Waals surface area contributed by atoms with Crippen LogP contribution in [0.5, 0.6) is 0 Å². The van der Waals surface area contributed by atoms with E-state index >= 15 is 0 Å². The van der Waals surface area contributed by atoms with Crippen LogP contribution in [0.3, 0.4) is 0 Å². The molecule has 0 spiro atoms. The van der Waals surface area contributed by atoms with Crippen LogP contribution in [0.25, 0.3) is 0 Å². The van der Waals surface area contributed by atoms with E-state index in [0.29, 0.717) is 16.4 Å². The van der Waals surface area contributed by atoms with E-state index in [1.165, 1.54) is 11.3 Å². The van der Waals surface area contributed by atoms with Gasteiger partial charge in [0.05, 0.1) is 4.88 Å². The summed E-state index contributed by atoms with van der Waals surface area (Å²) in [6, 6.07) is 10.8. The Labute approximate surface area is 144 Å². The summed E-state index contributed by atoms with van der Waals surface area (Å²) in [5.41, 5.74) is 6.60. The maximum Gasteiger partial charge on any atom is 0.279 e. The Hall–Kier alpha value is -2.25. The lowest BCUT2D eigenvalue weighted by Gasteiger charge is -2.11. The molecule has 1 aromatic heterocycles. The highest BCUT2D eigenvalue weighted by Crippen LogP contribution is 2.14. The number of carbonyl (C=O) groups excluding carboxylic acids is 2. The van der Waals surface area contributed by atoms with Gasteiger partial charge in [0, 0.05) is 5.56 Å². The van der Waals surface area contributed by atoms with Gasteiger partial charge in [0.15, 0.2) is 5.11 Å². The van der Waals surface area contributed by atoms with Gasteiger partial charge in [-0.25, -0.2) is 0 Å². The standard InChI is InChI=1S/C16H17N3O2S2/c1-10(2)11-5-7-12(8-6-11)14(20)17-16(22)19-18-15(21)13-4-3-9-23-13/h3-10H,1-2H3,(H,18,21)(H2,17,19,20,22). The molecule has 0 unspecified atom stereocenters. The molecule has 2 amide bonds. The van der Waals surface area contributed by atoms with Crippen LogP contribution in [0, 0.1) is 0 Å². The van der Waals surface area contributed by atoms with Gasteiger partial charge in [0.1, 0.15) is 0 Å². The molecule has 5 nitrogen and oxygen atoms in total. The number of hydrogen-bond donors (Lipinski definition) is 3. The Kier molecular flexibility index (Phi) is 5.84. The summed E-state index contributed by atoms with van der Waals surface area (Å²) in [5, 5.41) is 4.35. The minimum absolute atomic E-state index is 0.0350. The maximum atomic E-state index is 12.1. The average molecular weight is 347 g/mol. The lowest BCUT2D eigenvalue weighted by atomic mass is 10.0. The zero-order valence-corrected chi connectivity index (χ0v) is 14.4. The molecule has 0 bridgehead atoms. The molecular weight excluding hydrogens is 330 g/mol. The van der Waals surface area contributed by atoms with Gasteiger partial charge in [-0.1, -0.05) is 32.0 Å². The number of carbonyl (C=O) groups is 2. The monoisotopic (exact) mass is 347 g/mol. The molecule has 0 aliphatic rings. The molecule has 0 fully saturated rings. The molecule has 0 atom stereocenters. The second-order valence-electron chi connectivity index (χ2n) is 5.12. The normalized spacial score (nSPS) is 10.2. The second-order valence-corrected chi connectivity index (χ2v) is 6.47. The molecule has 0 aliphatic heterocycles. The number of thiocarbonyl (C=S) groups is 1. The van der Waals surface area contributed by atoms with Crippen LogP contribution in [0.15, 0.2) is 41.8 Å². The quantitative estimate of drug-likeness (QED) is 0.590. The van der Waals surface area contributed by atoms with Crippen molar-refractivity contribution in [2.45, 2.75) is 19.8 Å². The fraction of sp³-hybridized carbons (Fsp3) is 0.188. The van der Waals surface area contributed by atoms with Gasteiger partial charge in [0.25, 0.3) is 11.8 Å². The SMILES string of the molecule is CC(C)c1ccc(C(=O)NC(=S)NNC(=O)c2cccs2)cc1. The Bertz CT molecular complexity index is 695. The number of rotatable bonds is 3. The third-order valence-electron chi connectivity index (χ3n) is 3.10. The summed E-state index contributed by atoms with van der Waals surface area (Å²) >= 11 is 6.31. The molecule has 2 aromatic rings. The van der Waals surface area contributed by atoms with E-state index in [-0.39, 0.29) is 16.9 Å². The van der Waals surface area contributed by atoms with Gasteiger partial charge in [-0.2, -0.15) is 0 Å². The van der Waals surface area contributed by atoms with Crippen molar-refractivity contribution in [3.8, 4) is 0 Å². The summed E-state index contributed by atoms with van der Waals surface area (Å²) in [6.07, 6.45) is 0. The lowest BCUT2D eigenvalue weighted by Crippen LogP contribution is -2.48. The van der Waals surface area contributed by atoms with Crippen molar-refractivity contribution in [2.75, 3.05) is 0 Å². The van der Waals surface area contributed by atoms with Crippen molar-refractivity contribution >= 4 is 40.5 Å². The first-order valence-corrected chi connectivity index (χ1v) is 8.31. The molecule has 1 aromatic carbocycles. The van der Waals surface area contributed by atoms with Crippen molar-refractivity contribution in [2.24, 2.45) is 0 Å². The Balaban J connectivity index is 1.84. The molecule has 2 rings (SSSR count). The third-order valence-corrected chi connectivity index (χ3v) is 4.17. The summed E-state index contributed by atoms with van der Waals surface area (Å²) in [6.45, 7) is 4.18. The predicted molar refractivity (Wildman–Crippen MR) is 95.5 cm³/mol. The Morgan fingerprint density at radius 1 is 1.04 bits per heavy atom. The van der Waals surface area contributed by atoms with Crippen molar-refractivity contribution in [1.82, 2.24) is 16.2 Å². The number of nitrogens with one attached hydrogen (secondary N) is 3. The molecule has 0 saturated carbocycles. The molecule has 0 radical (unpaired) electrons. The zero-order chi connectivity index (χ0) is 16.8. The van der Waals surface area contributed by atoms with E-state index in [1.54, 1.807) is 29.6 Å². The number of amides is 2. The van der Waals surface area contributed by atoms with Crippen LogP contribution < -0.4 is 16.2 Å². The molecule has 120 valence electrons. The predicted octanol–water partition coefficient (Wildman–Crippen LogP) is 2.82. The molecule has 0 saturated heterocycles. The number of benzene rings is 1. The van der Waals surface area contributed by atoms with Gasteiger partial charge in [0.2, 0.25) is 0 Å². The van der Waals surface area contributed by atoms with E-state index in [2.05, 4.69) is 30.0 Å². The maximum absolute atomic E-state index is 12.1. The fourth-order valence-corrected chi connectivity index (χ4v) is 2.57. The summed E-state index contributed by atoms with van der Waals surface area (Å²) in [7, 11) is 0. The summed E-state index contributed by atoms with van der Waals surface area (Å²) < 4.78 is 0. The van der Waals surface area contributed by atoms with Crippen LogP contribution in [-0.4, -0.2) is 16.9 Å². The van der Waals surface area contributed by atoms with E-state index in [1.807, 2.05) is 12.1 Å². The molecule has 23 heavy (non-hydrogen) atoms. The topological polar surface area (TPSA) is 70.2 Å². The van der Waals surface area contributed by atoms with Crippen molar-refractivity contribution in [3.05, 3.63) is 57.8 Å². The molecule has 0 aliphatic carbocycles. The lowest BCUT2D eigenvalue weighted by molar-refractivity contribution is 0.0938. The first-order valence-electron chi connectivity index (χ1n) is 7.02. The zero-order valence-electron chi connectivity index (χ0n) is 12.8. The smallest absolute Gasteiger partial charge is 0.279 e. The van der Waals surface area contributed by atoms with Crippen LogP contribution in [0.4, 0.5) is 0 Å². The third kappa shape index (κ3) is 4.87. The van der Waals surface area contributed by atoms with Crippen molar-refractivity contribution < 1.29 is 9.59 Å². The van der Waals surface area contributed by atoms with Crippen LogP contribution in [0.2, 0.25) is 0 Å². The van der Waals surface area contributed by atoms with E-state index in [9.17, 15) is 9.59 Å². The van der Waals surface area contributed by atoms with Gasteiger partial charge in [-0.15, -0.1) is 11.3 Å². The van der Waals surface area contributed by atoms with Crippen molar-refractivity contribution in [3.63, 3.8) is 0 Å². The highest BCUT2D eigenvalue weighted by atomic mass is 32.1.